The second kappa shape index (κ2) is 19.0. The molecular weight excluding hydrogens is 618 g/mol. The first kappa shape index (κ1) is 35.9. The fourth-order valence-corrected chi connectivity index (χ4v) is 6.12. The van der Waals surface area contributed by atoms with E-state index in [1.54, 1.807) is 5.48 Å². The molecule has 4 aromatic rings. The Labute approximate surface area is 288 Å². The zero-order valence-electron chi connectivity index (χ0n) is 27.9. The van der Waals surface area contributed by atoms with Gasteiger partial charge in [-0.1, -0.05) is 110 Å². The molecule has 0 bridgehead atoms. The molecule has 3 atom stereocenters. The third-order valence-corrected chi connectivity index (χ3v) is 8.72. The first-order chi connectivity index (χ1) is 24.0. The summed E-state index contributed by atoms with van der Waals surface area (Å²) in [6, 6.07) is 36.5. The fourth-order valence-electron chi connectivity index (χ4n) is 6.12. The largest absolute Gasteiger partial charge is 0.392 e. The maximum atomic E-state index is 12.6. The average Bonchev–Trinajstić information content (AvgIpc) is 3.14. The smallest absolute Gasteiger partial charge is 0.243 e. The van der Waals surface area contributed by atoms with E-state index in [2.05, 4.69) is 58.7 Å². The third-order valence-electron chi connectivity index (χ3n) is 8.72. The number of amides is 2. The van der Waals surface area contributed by atoms with Gasteiger partial charge in [-0.25, -0.2) is 5.48 Å². The quantitative estimate of drug-likeness (QED) is 0.0535. The summed E-state index contributed by atoms with van der Waals surface area (Å²) >= 11 is 0. The van der Waals surface area contributed by atoms with E-state index in [1.807, 2.05) is 60.7 Å². The Morgan fingerprint density at radius 2 is 1.24 bits per heavy atom. The summed E-state index contributed by atoms with van der Waals surface area (Å²) in [5.74, 6) is -0.449. The molecule has 258 valence electrons. The molecule has 1 aliphatic rings. The number of ether oxygens (including phenoxy) is 2. The number of nitrogens with one attached hydrogen (secondary N) is 2. The molecule has 0 aliphatic carbocycles. The van der Waals surface area contributed by atoms with Crippen LogP contribution in [0.5, 0.6) is 0 Å². The Balaban J connectivity index is 1.25. The Kier molecular flexibility index (Phi) is 13.9. The summed E-state index contributed by atoms with van der Waals surface area (Å²) in [5.41, 5.74) is 7.57. The molecule has 9 nitrogen and oxygen atoms in total. The first-order valence-corrected chi connectivity index (χ1v) is 17.1. The van der Waals surface area contributed by atoms with Gasteiger partial charge in [0.05, 0.1) is 18.8 Å². The summed E-state index contributed by atoms with van der Waals surface area (Å²) < 4.78 is 13.3. The highest BCUT2D eigenvalue weighted by Gasteiger charge is 2.33. The van der Waals surface area contributed by atoms with Crippen LogP contribution in [0.3, 0.4) is 0 Å². The molecule has 2 amide bonds. The van der Waals surface area contributed by atoms with Crippen LogP contribution in [0.15, 0.2) is 109 Å². The van der Waals surface area contributed by atoms with Crippen molar-refractivity contribution in [2.24, 2.45) is 0 Å². The second-order valence-electron chi connectivity index (χ2n) is 12.6. The van der Waals surface area contributed by atoms with Crippen LogP contribution in [0.25, 0.3) is 0 Å². The van der Waals surface area contributed by atoms with Crippen molar-refractivity contribution in [3.05, 3.63) is 137 Å². The van der Waals surface area contributed by atoms with Gasteiger partial charge in [0.2, 0.25) is 11.8 Å². The molecular formula is C40H47N3O6. The Morgan fingerprint density at radius 1 is 0.673 bits per heavy atom. The molecule has 1 aliphatic heterocycles. The summed E-state index contributed by atoms with van der Waals surface area (Å²) in [6.07, 6.45) is 3.48. The second-order valence-corrected chi connectivity index (χ2v) is 12.6. The van der Waals surface area contributed by atoms with Gasteiger partial charge in [-0.3, -0.25) is 19.7 Å². The van der Waals surface area contributed by atoms with Crippen molar-refractivity contribution in [3.63, 3.8) is 0 Å². The molecule has 0 spiro atoms. The SMILES string of the molecule is O=C(CCCCCCC(=O)Nc1ccc([C@H]2O[C@@H](CN(Cc3ccccc3)Cc3ccccc3)C[C@@H](c3ccc(CO)cc3)O2)cc1)NO. The molecule has 9 heteroatoms. The number of nitrogens with zero attached hydrogens (tertiary/aromatic N) is 1. The number of anilines is 1. The zero-order chi connectivity index (χ0) is 34.3. The number of rotatable bonds is 17. The molecule has 0 aromatic heterocycles. The zero-order valence-corrected chi connectivity index (χ0v) is 27.9. The van der Waals surface area contributed by atoms with Crippen LogP contribution in [0.4, 0.5) is 5.69 Å². The van der Waals surface area contributed by atoms with E-state index >= 15 is 0 Å². The van der Waals surface area contributed by atoms with Crippen LogP contribution in [-0.4, -0.2) is 39.7 Å². The fraction of sp³-hybridized carbons (Fsp3) is 0.350. The van der Waals surface area contributed by atoms with Crippen molar-refractivity contribution in [1.29, 1.82) is 0 Å². The molecule has 0 unspecified atom stereocenters. The molecule has 49 heavy (non-hydrogen) atoms. The Hall–Kier alpha value is -4.38. The highest BCUT2D eigenvalue weighted by atomic mass is 16.7. The minimum Gasteiger partial charge on any atom is -0.392 e. The number of aliphatic hydroxyl groups excluding tert-OH is 1. The van der Waals surface area contributed by atoms with Gasteiger partial charge in [0, 0.05) is 50.1 Å². The van der Waals surface area contributed by atoms with Gasteiger partial charge in [-0.2, -0.15) is 0 Å². The maximum Gasteiger partial charge on any atom is 0.243 e. The van der Waals surface area contributed by atoms with E-state index in [0.717, 1.165) is 49.0 Å². The number of aliphatic hydroxyl groups is 1. The van der Waals surface area contributed by atoms with Gasteiger partial charge in [0.15, 0.2) is 6.29 Å². The van der Waals surface area contributed by atoms with Gasteiger partial charge in [-0.15, -0.1) is 0 Å². The number of hydrogen-bond donors (Lipinski definition) is 4. The first-order valence-electron chi connectivity index (χ1n) is 17.1. The van der Waals surface area contributed by atoms with Crippen LogP contribution in [0.2, 0.25) is 0 Å². The maximum absolute atomic E-state index is 12.6. The van der Waals surface area contributed by atoms with Crippen molar-refractivity contribution in [3.8, 4) is 0 Å². The number of hydroxylamine groups is 1. The summed E-state index contributed by atoms with van der Waals surface area (Å²) in [5, 5.41) is 21.1. The van der Waals surface area contributed by atoms with Crippen LogP contribution in [0, 0.1) is 0 Å². The molecule has 1 fully saturated rings. The van der Waals surface area contributed by atoms with Crippen molar-refractivity contribution >= 4 is 17.5 Å². The number of benzene rings is 4. The minimum atomic E-state index is -0.603. The van der Waals surface area contributed by atoms with E-state index in [1.165, 1.54) is 11.1 Å². The third kappa shape index (κ3) is 11.6. The molecule has 1 saturated heterocycles. The van der Waals surface area contributed by atoms with E-state index in [9.17, 15) is 14.7 Å². The number of carbonyl (C=O) groups excluding carboxylic acids is 2. The lowest BCUT2D eigenvalue weighted by Crippen LogP contribution is -2.39. The molecule has 0 radical (unpaired) electrons. The average molecular weight is 666 g/mol. The van der Waals surface area contributed by atoms with E-state index in [-0.39, 0.29) is 37.0 Å². The van der Waals surface area contributed by atoms with E-state index in [0.29, 0.717) is 31.5 Å². The van der Waals surface area contributed by atoms with Crippen LogP contribution in [-0.2, 0) is 38.8 Å². The molecule has 0 saturated carbocycles. The van der Waals surface area contributed by atoms with Crippen molar-refractivity contribution in [2.75, 3.05) is 11.9 Å². The van der Waals surface area contributed by atoms with Gasteiger partial charge < -0.3 is 19.9 Å². The van der Waals surface area contributed by atoms with Crippen molar-refractivity contribution in [1.82, 2.24) is 10.4 Å². The van der Waals surface area contributed by atoms with Crippen molar-refractivity contribution in [2.45, 2.75) is 83.1 Å². The van der Waals surface area contributed by atoms with Crippen molar-refractivity contribution < 1.29 is 29.4 Å². The van der Waals surface area contributed by atoms with Gasteiger partial charge >= 0.3 is 0 Å². The lowest BCUT2D eigenvalue weighted by atomic mass is 9.99. The Morgan fingerprint density at radius 3 is 1.82 bits per heavy atom. The Bertz CT molecular complexity index is 1530. The lowest BCUT2D eigenvalue weighted by Gasteiger charge is -2.38. The standard InChI is InChI=1S/C40H47N3O6/c44-29-32-17-19-33(20-18-32)37-25-36(28-43(26-30-11-5-3-6-12-30)27-31-13-7-4-8-14-31)48-40(49-37)34-21-23-35(24-22-34)41-38(45)15-9-1-2-10-16-39(46)42-47/h3-8,11-14,17-24,36-37,40,44,47H,1-2,9-10,15-16,25-29H2,(H,41,45)(H,42,46)/t36-,37+,40+/m1/s1. The highest BCUT2D eigenvalue weighted by Crippen LogP contribution is 2.38. The van der Waals surface area contributed by atoms with Crippen LogP contribution >= 0.6 is 0 Å². The monoisotopic (exact) mass is 665 g/mol. The van der Waals surface area contributed by atoms with Crippen LogP contribution < -0.4 is 10.8 Å². The predicted molar refractivity (Wildman–Crippen MR) is 188 cm³/mol. The highest BCUT2D eigenvalue weighted by molar-refractivity contribution is 5.90. The normalized spacial score (nSPS) is 17.5. The number of unbranched alkanes of at least 4 members (excludes halogenated alkanes) is 3. The molecule has 4 aromatic carbocycles. The lowest BCUT2D eigenvalue weighted by molar-refractivity contribution is -0.253. The van der Waals surface area contributed by atoms with Gasteiger partial charge in [-0.05, 0) is 47.2 Å². The summed E-state index contributed by atoms with van der Waals surface area (Å²) in [7, 11) is 0. The van der Waals surface area contributed by atoms with Crippen LogP contribution in [0.1, 0.15) is 85.2 Å². The van der Waals surface area contributed by atoms with Gasteiger partial charge in [0.25, 0.3) is 0 Å². The number of carbonyl (C=O) groups is 2. The van der Waals surface area contributed by atoms with Gasteiger partial charge in [0.1, 0.15) is 0 Å². The number of hydrogen-bond acceptors (Lipinski definition) is 7. The summed E-state index contributed by atoms with van der Waals surface area (Å²) in [4.78, 5) is 26.1. The molecule has 5 rings (SSSR count). The predicted octanol–water partition coefficient (Wildman–Crippen LogP) is 7.21. The molecule has 1 heterocycles. The van der Waals surface area contributed by atoms with E-state index < -0.39 is 6.29 Å². The minimum absolute atomic E-state index is 0.0114. The summed E-state index contributed by atoms with van der Waals surface area (Å²) in [6.45, 7) is 2.26. The van der Waals surface area contributed by atoms with E-state index in [4.69, 9.17) is 14.7 Å². The molecule has 4 N–H and O–H groups in total. The topological polar surface area (TPSA) is 120 Å².